The molecule has 0 amide bonds. The lowest BCUT2D eigenvalue weighted by Gasteiger charge is -2.27. The molecule has 2 N–H and O–H groups in total. The van der Waals surface area contributed by atoms with E-state index in [2.05, 4.69) is 43.3 Å². The van der Waals surface area contributed by atoms with Gasteiger partial charge >= 0.3 is 12.1 Å². The number of rotatable bonds is 3. The minimum Gasteiger partial charge on any atom is -0.475 e. The van der Waals surface area contributed by atoms with Crippen LogP contribution in [0.5, 0.6) is 0 Å². The molecule has 12 heteroatoms. The Morgan fingerprint density at radius 1 is 1.09 bits per heavy atom. The maximum absolute atomic E-state index is 10.6. The fourth-order valence-electron chi connectivity index (χ4n) is 3.09. The molecule has 170 valence electrons. The molecule has 0 aliphatic carbocycles. The van der Waals surface area contributed by atoms with Gasteiger partial charge in [0.1, 0.15) is 6.33 Å². The third kappa shape index (κ3) is 5.78. The summed E-state index contributed by atoms with van der Waals surface area (Å²) in [7, 11) is 0. The standard InChI is InChI=1S/C18H21N7.C2HF3O2/c1-13-11-14(2)25(23-13)16-5-3-15(4-6-16)17-20-12-21-18(22-17)24-9-7-19-8-10-24;3-2(4,5)1(6)7/h3-6,11-12,19H,7-10H2,1-2H3;(H,6,7). The van der Waals surface area contributed by atoms with E-state index in [4.69, 9.17) is 9.90 Å². The van der Waals surface area contributed by atoms with Crippen LogP contribution in [0, 0.1) is 13.8 Å². The Hall–Kier alpha value is -3.54. The van der Waals surface area contributed by atoms with Crippen LogP contribution in [-0.2, 0) is 4.79 Å². The lowest BCUT2D eigenvalue weighted by atomic mass is 10.2. The zero-order valence-electron chi connectivity index (χ0n) is 17.5. The minimum absolute atomic E-state index is 0.698. The maximum atomic E-state index is 10.6. The molecule has 3 heterocycles. The van der Waals surface area contributed by atoms with Crippen molar-refractivity contribution in [1.82, 2.24) is 30.0 Å². The van der Waals surface area contributed by atoms with Gasteiger partial charge in [0.05, 0.1) is 11.4 Å². The van der Waals surface area contributed by atoms with Crippen LogP contribution in [-0.4, -0.2) is 68.2 Å². The third-order valence-corrected chi connectivity index (χ3v) is 4.58. The molecule has 1 fully saturated rings. The van der Waals surface area contributed by atoms with Gasteiger partial charge in [0, 0.05) is 37.4 Å². The monoisotopic (exact) mass is 449 g/mol. The van der Waals surface area contributed by atoms with E-state index < -0.39 is 12.1 Å². The van der Waals surface area contributed by atoms with Crippen LogP contribution in [0.4, 0.5) is 19.1 Å². The number of carboxylic acid groups (broad SMARTS) is 1. The SMILES string of the molecule is Cc1cc(C)n(-c2ccc(-c3ncnc(N4CCNCC4)n3)cc2)n1.O=C(O)C(F)(F)F. The highest BCUT2D eigenvalue weighted by Gasteiger charge is 2.38. The minimum atomic E-state index is -5.08. The molecule has 3 aromatic rings. The van der Waals surface area contributed by atoms with E-state index in [9.17, 15) is 13.2 Å². The van der Waals surface area contributed by atoms with Crippen LogP contribution in [0.3, 0.4) is 0 Å². The Morgan fingerprint density at radius 2 is 1.72 bits per heavy atom. The zero-order chi connectivity index (χ0) is 23.3. The highest BCUT2D eigenvalue weighted by Crippen LogP contribution is 2.20. The molecule has 32 heavy (non-hydrogen) atoms. The molecule has 9 nitrogen and oxygen atoms in total. The number of anilines is 1. The molecule has 1 aliphatic rings. The summed E-state index contributed by atoms with van der Waals surface area (Å²) in [5, 5.41) is 15.0. The predicted octanol–water partition coefficient (Wildman–Crippen LogP) is 2.38. The topological polar surface area (TPSA) is 109 Å². The molecule has 0 unspecified atom stereocenters. The number of nitrogens with one attached hydrogen (secondary N) is 1. The molecule has 0 radical (unpaired) electrons. The van der Waals surface area contributed by atoms with E-state index >= 15 is 0 Å². The zero-order valence-corrected chi connectivity index (χ0v) is 17.5. The van der Waals surface area contributed by atoms with Gasteiger partial charge < -0.3 is 15.3 Å². The second-order valence-corrected chi connectivity index (χ2v) is 7.03. The number of benzene rings is 1. The molecular weight excluding hydrogens is 427 g/mol. The molecule has 0 saturated carbocycles. The number of nitrogens with zero attached hydrogens (tertiary/aromatic N) is 6. The summed E-state index contributed by atoms with van der Waals surface area (Å²) in [6.07, 6.45) is -3.49. The summed E-state index contributed by atoms with van der Waals surface area (Å²) in [6.45, 7) is 7.80. The van der Waals surface area contributed by atoms with E-state index in [1.165, 1.54) is 0 Å². The molecule has 1 saturated heterocycles. The first-order chi connectivity index (χ1) is 15.1. The van der Waals surface area contributed by atoms with Crippen molar-refractivity contribution in [2.75, 3.05) is 31.1 Å². The molecule has 0 bridgehead atoms. The van der Waals surface area contributed by atoms with Gasteiger partial charge in [0.15, 0.2) is 5.82 Å². The lowest BCUT2D eigenvalue weighted by Crippen LogP contribution is -2.44. The van der Waals surface area contributed by atoms with Crippen molar-refractivity contribution < 1.29 is 23.1 Å². The second-order valence-electron chi connectivity index (χ2n) is 7.03. The quantitative estimate of drug-likeness (QED) is 0.628. The lowest BCUT2D eigenvalue weighted by molar-refractivity contribution is -0.192. The number of aliphatic carboxylic acids is 1. The van der Waals surface area contributed by atoms with Crippen LogP contribution in [0.1, 0.15) is 11.4 Å². The van der Waals surface area contributed by atoms with Crippen LogP contribution < -0.4 is 10.2 Å². The first-order valence-corrected chi connectivity index (χ1v) is 9.74. The highest BCUT2D eigenvalue weighted by molar-refractivity contribution is 5.73. The molecule has 4 rings (SSSR count). The number of alkyl halides is 3. The highest BCUT2D eigenvalue weighted by atomic mass is 19.4. The van der Waals surface area contributed by atoms with Crippen molar-refractivity contribution in [1.29, 1.82) is 0 Å². The smallest absolute Gasteiger partial charge is 0.475 e. The van der Waals surface area contributed by atoms with Crippen molar-refractivity contribution in [3.63, 3.8) is 0 Å². The Kier molecular flexibility index (Phi) is 7.03. The summed E-state index contributed by atoms with van der Waals surface area (Å²) in [6, 6.07) is 10.2. The van der Waals surface area contributed by atoms with E-state index in [-0.39, 0.29) is 0 Å². The predicted molar refractivity (Wildman–Crippen MR) is 111 cm³/mol. The van der Waals surface area contributed by atoms with Crippen molar-refractivity contribution in [2.24, 2.45) is 0 Å². The summed E-state index contributed by atoms with van der Waals surface area (Å²) < 4.78 is 33.7. The molecule has 1 aromatic carbocycles. The molecular formula is C20H22F3N7O2. The van der Waals surface area contributed by atoms with Crippen LogP contribution in [0.2, 0.25) is 0 Å². The number of hydrogen-bond donors (Lipinski definition) is 2. The van der Waals surface area contributed by atoms with Crippen LogP contribution in [0.15, 0.2) is 36.7 Å². The van der Waals surface area contributed by atoms with E-state index in [0.717, 1.165) is 54.8 Å². The number of hydrogen-bond acceptors (Lipinski definition) is 7. The van der Waals surface area contributed by atoms with Gasteiger partial charge in [-0.2, -0.15) is 23.3 Å². The molecule has 2 aromatic heterocycles. The largest absolute Gasteiger partial charge is 0.490 e. The average molecular weight is 449 g/mol. The molecule has 1 aliphatic heterocycles. The van der Waals surface area contributed by atoms with Gasteiger partial charge in [-0.1, -0.05) is 0 Å². The maximum Gasteiger partial charge on any atom is 0.490 e. The Bertz CT molecular complexity index is 1060. The second kappa shape index (κ2) is 9.73. The third-order valence-electron chi connectivity index (χ3n) is 4.58. The summed E-state index contributed by atoms with van der Waals surface area (Å²) >= 11 is 0. The van der Waals surface area contributed by atoms with Crippen molar-refractivity contribution >= 4 is 11.9 Å². The van der Waals surface area contributed by atoms with Crippen molar-refractivity contribution in [2.45, 2.75) is 20.0 Å². The number of aromatic nitrogens is 5. The van der Waals surface area contributed by atoms with Gasteiger partial charge in [-0.05, 0) is 44.2 Å². The van der Waals surface area contributed by atoms with E-state index in [1.807, 2.05) is 35.9 Å². The van der Waals surface area contributed by atoms with Gasteiger partial charge in [-0.3, -0.25) is 0 Å². The van der Waals surface area contributed by atoms with Crippen molar-refractivity contribution in [3.05, 3.63) is 48.0 Å². The van der Waals surface area contributed by atoms with Gasteiger partial charge in [-0.15, -0.1) is 0 Å². The summed E-state index contributed by atoms with van der Waals surface area (Å²) in [5.74, 6) is -1.31. The number of carboxylic acids is 1. The number of aryl methyl sites for hydroxylation is 2. The first kappa shape index (κ1) is 23.1. The first-order valence-electron chi connectivity index (χ1n) is 9.74. The van der Waals surface area contributed by atoms with Crippen LogP contribution >= 0.6 is 0 Å². The Morgan fingerprint density at radius 3 is 2.25 bits per heavy atom. The average Bonchev–Trinajstić information content (AvgIpc) is 3.12. The van der Waals surface area contributed by atoms with Crippen LogP contribution in [0.25, 0.3) is 17.1 Å². The fourth-order valence-corrected chi connectivity index (χ4v) is 3.09. The van der Waals surface area contributed by atoms with Gasteiger partial charge in [-0.25, -0.2) is 19.4 Å². The normalized spacial score (nSPS) is 14.0. The van der Waals surface area contributed by atoms with E-state index in [0.29, 0.717) is 5.82 Å². The van der Waals surface area contributed by atoms with Gasteiger partial charge in [0.25, 0.3) is 0 Å². The fraction of sp³-hybridized carbons (Fsp3) is 0.350. The molecule has 0 atom stereocenters. The Balaban J connectivity index is 0.000000360. The Labute approximate surface area is 181 Å². The number of piperazine rings is 1. The summed E-state index contributed by atoms with van der Waals surface area (Å²) in [4.78, 5) is 24.4. The number of carbonyl (C=O) groups is 1. The molecule has 0 spiro atoms. The van der Waals surface area contributed by atoms with Crippen molar-refractivity contribution in [3.8, 4) is 17.1 Å². The van der Waals surface area contributed by atoms with E-state index in [1.54, 1.807) is 6.33 Å². The summed E-state index contributed by atoms with van der Waals surface area (Å²) in [5.41, 5.74) is 4.14. The number of halogens is 3. The van der Waals surface area contributed by atoms with Gasteiger partial charge in [0.2, 0.25) is 5.95 Å².